The number of hydrogen-bond donors (Lipinski definition) is 4. The summed E-state index contributed by atoms with van der Waals surface area (Å²) in [4.78, 5) is 0. The molecule has 1 rings (SSSR count). The number of rotatable bonds is 0. The van der Waals surface area contributed by atoms with E-state index in [-0.39, 0.29) is 14.9 Å². The lowest BCUT2D eigenvalue weighted by Gasteiger charge is -2.13. The van der Waals surface area contributed by atoms with Gasteiger partial charge in [-0.1, -0.05) is 14.9 Å². The lowest BCUT2D eigenvalue weighted by atomic mass is 10.6. The highest BCUT2D eigenvalue weighted by atomic mass is 15.4. The lowest BCUT2D eigenvalue weighted by molar-refractivity contribution is 0.427. The summed E-state index contributed by atoms with van der Waals surface area (Å²) >= 11 is 0. The Balaban J connectivity index is 0. The van der Waals surface area contributed by atoms with Crippen LogP contribution in [0.3, 0.4) is 0 Å². The van der Waals surface area contributed by atoms with Crippen LogP contribution in [-0.2, 0) is 0 Å². The molecule has 0 radical (unpaired) electrons. The summed E-state index contributed by atoms with van der Waals surface area (Å²) in [6.45, 7) is 3.73. The van der Waals surface area contributed by atoms with Gasteiger partial charge in [-0.25, -0.2) is 5.43 Å². The van der Waals surface area contributed by atoms with Crippen LogP contribution < -0.4 is 21.5 Å². The van der Waals surface area contributed by atoms with Crippen LogP contribution in [0.25, 0.3) is 0 Å². The maximum atomic E-state index is 3.17. The lowest BCUT2D eigenvalue weighted by Crippen LogP contribution is -2.48. The normalized spacial score (nSPS) is 19.2. The molecule has 1 saturated heterocycles. The summed E-state index contributed by atoms with van der Waals surface area (Å²) in [6.07, 6.45) is 0. The van der Waals surface area contributed by atoms with Crippen LogP contribution in [0.2, 0.25) is 0 Å². The van der Waals surface area contributed by atoms with Gasteiger partial charge >= 0.3 is 0 Å². The summed E-state index contributed by atoms with van der Waals surface area (Å²) < 4.78 is 0. The molecule has 64 valence electrons. The molecule has 0 unspecified atom stereocenters. The third kappa shape index (κ3) is 5.97. The average molecular weight is 148 g/mol. The van der Waals surface area contributed by atoms with E-state index < -0.39 is 0 Å². The number of hydrogen-bond acceptors (Lipinski definition) is 4. The topological polar surface area (TPSA) is 48.1 Å². The predicted molar refractivity (Wildman–Crippen MR) is 45.5 cm³/mol. The molecule has 1 fully saturated rings. The van der Waals surface area contributed by atoms with Crippen LogP contribution in [0.1, 0.15) is 14.9 Å². The Kier molecular flexibility index (Phi) is 11.1. The van der Waals surface area contributed by atoms with Crippen molar-refractivity contribution in [2.75, 3.05) is 26.4 Å². The van der Waals surface area contributed by atoms with Crippen molar-refractivity contribution in [1.29, 1.82) is 0 Å². The van der Waals surface area contributed by atoms with Crippen molar-refractivity contribution in [1.82, 2.24) is 21.5 Å². The Hall–Kier alpha value is -0.160. The van der Waals surface area contributed by atoms with Crippen molar-refractivity contribution in [2.24, 2.45) is 0 Å². The molecule has 0 atom stereocenters. The third-order valence-corrected chi connectivity index (χ3v) is 1.02. The van der Waals surface area contributed by atoms with Crippen molar-refractivity contribution in [2.45, 2.75) is 14.9 Å². The van der Waals surface area contributed by atoms with E-state index in [0.29, 0.717) is 0 Å². The quantitative estimate of drug-likeness (QED) is 0.373. The predicted octanol–water partition coefficient (Wildman–Crippen LogP) is -0.539. The molecule has 0 aromatic rings. The summed E-state index contributed by atoms with van der Waals surface area (Å²) in [5.41, 5.74) is 6.00. The van der Waals surface area contributed by atoms with E-state index in [4.69, 9.17) is 0 Å². The van der Waals surface area contributed by atoms with Gasteiger partial charge in [-0.3, -0.25) is 10.7 Å². The minimum atomic E-state index is 0. The van der Waals surface area contributed by atoms with Gasteiger partial charge in [-0.15, -0.1) is 0 Å². The van der Waals surface area contributed by atoms with Crippen molar-refractivity contribution >= 4 is 0 Å². The van der Waals surface area contributed by atoms with Gasteiger partial charge < -0.3 is 5.32 Å². The highest BCUT2D eigenvalue weighted by Gasteiger charge is 1.89. The molecule has 4 heteroatoms. The van der Waals surface area contributed by atoms with Gasteiger partial charge in [0, 0.05) is 19.8 Å². The van der Waals surface area contributed by atoms with E-state index >= 15 is 0 Å². The van der Waals surface area contributed by atoms with Crippen LogP contribution in [0, 0.1) is 0 Å². The molecule has 4 N–H and O–H groups in total. The van der Waals surface area contributed by atoms with Crippen LogP contribution in [0.5, 0.6) is 0 Å². The molecular formula is C6H20N4. The molecular weight excluding hydrogens is 128 g/mol. The Bertz CT molecular complexity index is 33.7. The molecule has 0 aromatic heterocycles. The molecule has 1 aliphatic rings. The van der Waals surface area contributed by atoms with E-state index in [1.54, 1.807) is 0 Å². The fourth-order valence-corrected chi connectivity index (χ4v) is 0.604. The smallest absolute Gasteiger partial charge is 0.0599 e. The zero-order valence-corrected chi connectivity index (χ0v) is 4.83. The van der Waals surface area contributed by atoms with Gasteiger partial charge in [-0.05, 0) is 0 Å². The van der Waals surface area contributed by atoms with Gasteiger partial charge in [0.15, 0.2) is 0 Å². The van der Waals surface area contributed by atoms with E-state index in [0.717, 1.165) is 26.4 Å². The summed E-state index contributed by atoms with van der Waals surface area (Å²) in [7, 11) is 0. The molecule has 10 heavy (non-hydrogen) atoms. The second-order valence-corrected chi connectivity index (χ2v) is 1.71. The van der Waals surface area contributed by atoms with Gasteiger partial charge in [0.1, 0.15) is 0 Å². The van der Waals surface area contributed by atoms with Crippen LogP contribution in [-0.4, -0.2) is 26.4 Å². The summed E-state index contributed by atoms with van der Waals surface area (Å²) in [6, 6.07) is 0. The second kappa shape index (κ2) is 8.84. The van der Waals surface area contributed by atoms with Crippen LogP contribution >= 0.6 is 0 Å². The Labute approximate surface area is 63.7 Å². The first-order valence-corrected chi connectivity index (χ1v) is 2.87. The summed E-state index contributed by atoms with van der Waals surface area (Å²) in [5, 5.41) is 6.28. The zero-order valence-electron chi connectivity index (χ0n) is 4.83. The minimum Gasteiger partial charge on any atom is -0.303 e. The molecule has 0 saturated carbocycles. The fourth-order valence-electron chi connectivity index (χ4n) is 0.604. The van der Waals surface area contributed by atoms with E-state index in [9.17, 15) is 0 Å². The standard InChI is InChI=1S/C4H12N4.2CH4/c1-2-7-8-4-6-3-5-1;;/h5-8H,1-4H2;2*1H4. The molecule has 1 aliphatic heterocycles. The van der Waals surface area contributed by atoms with Gasteiger partial charge in [-0.2, -0.15) is 0 Å². The van der Waals surface area contributed by atoms with Gasteiger partial charge in [0.2, 0.25) is 0 Å². The third-order valence-electron chi connectivity index (χ3n) is 1.02. The molecule has 0 spiro atoms. The fraction of sp³-hybridized carbons (Fsp3) is 1.00. The highest BCUT2D eigenvalue weighted by Crippen LogP contribution is 1.58. The van der Waals surface area contributed by atoms with Crippen LogP contribution in [0.4, 0.5) is 0 Å². The van der Waals surface area contributed by atoms with E-state index in [1.165, 1.54) is 0 Å². The molecule has 0 aliphatic carbocycles. The van der Waals surface area contributed by atoms with Crippen molar-refractivity contribution in [3.8, 4) is 0 Å². The maximum Gasteiger partial charge on any atom is 0.0599 e. The molecule has 0 bridgehead atoms. The van der Waals surface area contributed by atoms with Crippen LogP contribution in [0.15, 0.2) is 0 Å². The SMILES string of the molecule is C.C.C1CNNCNCN1. The van der Waals surface area contributed by atoms with Crippen molar-refractivity contribution in [3.05, 3.63) is 0 Å². The Morgan fingerprint density at radius 2 is 1.50 bits per heavy atom. The van der Waals surface area contributed by atoms with Gasteiger partial charge in [0.05, 0.1) is 6.67 Å². The Morgan fingerprint density at radius 1 is 0.700 bits per heavy atom. The minimum absolute atomic E-state index is 0. The van der Waals surface area contributed by atoms with E-state index in [2.05, 4.69) is 21.5 Å². The first kappa shape index (κ1) is 12.5. The molecule has 0 aromatic carbocycles. The first-order valence-electron chi connectivity index (χ1n) is 2.87. The zero-order chi connectivity index (χ0) is 5.66. The van der Waals surface area contributed by atoms with Crippen molar-refractivity contribution in [3.63, 3.8) is 0 Å². The molecule has 4 nitrogen and oxygen atoms in total. The Morgan fingerprint density at radius 3 is 2.30 bits per heavy atom. The largest absolute Gasteiger partial charge is 0.303 e. The van der Waals surface area contributed by atoms with Gasteiger partial charge in [0.25, 0.3) is 0 Å². The second-order valence-electron chi connectivity index (χ2n) is 1.71. The molecule has 1 heterocycles. The first-order chi connectivity index (χ1) is 4.00. The number of nitrogens with one attached hydrogen (secondary N) is 4. The maximum absolute atomic E-state index is 3.17. The monoisotopic (exact) mass is 148 g/mol. The highest BCUT2D eigenvalue weighted by molar-refractivity contribution is 4.50. The van der Waals surface area contributed by atoms with E-state index in [1.807, 2.05) is 0 Å². The number of hydrazine groups is 1. The molecule has 0 amide bonds. The summed E-state index contributed by atoms with van der Waals surface area (Å²) in [5.74, 6) is 0. The average Bonchev–Trinajstić information content (AvgIpc) is 1.62. The van der Waals surface area contributed by atoms with Crippen molar-refractivity contribution < 1.29 is 0 Å².